The molecule has 3 nitrogen and oxygen atoms in total. The molecule has 0 unspecified atom stereocenters. The molecule has 1 atom stereocenters. The molecule has 2 aromatic rings. The van der Waals surface area contributed by atoms with E-state index in [0.29, 0.717) is 23.1 Å². The smallest absolute Gasteiger partial charge is 0.161 e. The van der Waals surface area contributed by atoms with E-state index in [1.54, 1.807) is 7.11 Å². The maximum absolute atomic E-state index is 5.86. The van der Waals surface area contributed by atoms with Crippen molar-refractivity contribution >= 4 is 11.6 Å². The quantitative estimate of drug-likeness (QED) is 0.907. The highest BCUT2D eigenvalue weighted by atomic mass is 35.5. The summed E-state index contributed by atoms with van der Waals surface area (Å²) in [5.41, 5.74) is 7.92. The van der Waals surface area contributed by atoms with Crippen molar-refractivity contribution in [1.82, 2.24) is 0 Å². The average Bonchev–Trinajstić information content (AvgIpc) is 2.46. The third-order valence-corrected chi connectivity index (χ3v) is 3.27. The molecule has 0 aliphatic heterocycles. The van der Waals surface area contributed by atoms with Gasteiger partial charge in [-0.05, 0) is 42.3 Å². The lowest BCUT2D eigenvalue weighted by atomic mass is 10.1. The average molecular weight is 292 g/mol. The predicted octanol–water partition coefficient (Wildman–Crippen LogP) is 3.95. The summed E-state index contributed by atoms with van der Waals surface area (Å²) in [6.45, 7) is 2.40. The molecule has 0 radical (unpaired) electrons. The fourth-order valence-electron chi connectivity index (χ4n) is 1.83. The Labute approximate surface area is 124 Å². The van der Waals surface area contributed by atoms with E-state index in [1.807, 2.05) is 49.4 Å². The van der Waals surface area contributed by atoms with E-state index in [2.05, 4.69) is 0 Å². The van der Waals surface area contributed by atoms with Gasteiger partial charge in [0.05, 0.1) is 7.11 Å². The fraction of sp³-hybridized carbons (Fsp3) is 0.250. The van der Waals surface area contributed by atoms with Gasteiger partial charge in [0.1, 0.15) is 6.61 Å². The van der Waals surface area contributed by atoms with Crippen molar-refractivity contribution in [3.63, 3.8) is 0 Å². The lowest BCUT2D eigenvalue weighted by molar-refractivity contribution is 0.284. The number of hydrogen-bond donors (Lipinski definition) is 1. The van der Waals surface area contributed by atoms with Crippen LogP contribution in [0, 0.1) is 0 Å². The van der Waals surface area contributed by atoms with Crippen LogP contribution in [-0.4, -0.2) is 7.11 Å². The molecular weight excluding hydrogens is 274 g/mol. The molecule has 2 N–H and O–H groups in total. The Hall–Kier alpha value is -1.71. The first-order valence-electron chi connectivity index (χ1n) is 6.41. The second-order valence-electron chi connectivity index (χ2n) is 4.61. The molecule has 0 fully saturated rings. The highest BCUT2D eigenvalue weighted by molar-refractivity contribution is 6.30. The van der Waals surface area contributed by atoms with Crippen LogP contribution in [0.2, 0.25) is 5.02 Å². The highest BCUT2D eigenvalue weighted by Crippen LogP contribution is 2.30. The summed E-state index contributed by atoms with van der Waals surface area (Å²) in [6.07, 6.45) is 0. The van der Waals surface area contributed by atoms with Crippen molar-refractivity contribution < 1.29 is 9.47 Å². The van der Waals surface area contributed by atoms with Gasteiger partial charge in [-0.15, -0.1) is 0 Å². The first-order chi connectivity index (χ1) is 9.60. The van der Waals surface area contributed by atoms with Crippen LogP contribution in [-0.2, 0) is 6.61 Å². The van der Waals surface area contributed by atoms with Crippen molar-refractivity contribution in [1.29, 1.82) is 0 Å². The first kappa shape index (κ1) is 14.7. The molecule has 0 amide bonds. The second kappa shape index (κ2) is 6.64. The minimum absolute atomic E-state index is 0.0331. The van der Waals surface area contributed by atoms with Crippen LogP contribution in [0.15, 0.2) is 42.5 Å². The number of methoxy groups -OCH3 is 1. The number of halogens is 1. The number of hydrogen-bond acceptors (Lipinski definition) is 3. The molecular formula is C16H18ClNO2. The molecule has 2 aromatic carbocycles. The Morgan fingerprint density at radius 2 is 1.80 bits per heavy atom. The van der Waals surface area contributed by atoms with Gasteiger partial charge in [0.25, 0.3) is 0 Å². The lowest BCUT2D eigenvalue weighted by Gasteiger charge is -2.13. The summed E-state index contributed by atoms with van der Waals surface area (Å²) in [6, 6.07) is 13.3. The molecule has 4 heteroatoms. The summed E-state index contributed by atoms with van der Waals surface area (Å²) in [7, 11) is 1.62. The van der Waals surface area contributed by atoms with E-state index in [-0.39, 0.29) is 6.04 Å². The van der Waals surface area contributed by atoms with Crippen molar-refractivity contribution in [2.75, 3.05) is 7.11 Å². The summed E-state index contributed by atoms with van der Waals surface area (Å²) >= 11 is 5.85. The van der Waals surface area contributed by atoms with Gasteiger partial charge in [-0.25, -0.2) is 0 Å². The van der Waals surface area contributed by atoms with E-state index in [1.165, 1.54) is 0 Å². The Balaban J connectivity index is 2.10. The summed E-state index contributed by atoms with van der Waals surface area (Å²) < 4.78 is 11.1. The van der Waals surface area contributed by atoms with Gasteiger partial charge in [-0.3, -0.25) is 0 Å². The zero-order valence-corrected chi connectivity index (χ0v) is 12.4. The third-order valence-electron chi connectivity index (χ3n) is 3.02. The van der Waals surface area contributed by atoms with Crippen LogP contribution in [0.1, 0.15) is 24.1 Å². The van der Waals surface area contributed by atoms with Crippen LogP contribution in [0.25, 0.3) is 0 Å². The topological polar surface area (TPSA) is 44.5 Å². The van der Waals surface area contributed by atoms with E-state index in [9.17, 15) is 0 Å². The van der Waals surface area contributed by atoms with Gasteiger partial charge >= 0.3 is 0 Å². The second-order valence-corrected chi connectivity index (χ2v) is 5.05. The van der Waals surface area contributed by atoms with Gasteiger partial charge in [-0.1, -0.05) is 29.8 Å². The molecule has 0 bridgehead atoms. The van der Waals surface area contributed by atoms with Crippen molar-refractivity contribution in [2.24, 2.45) is 5.73 Å². The Morgan fingerprint density at radius 3 is 2.40 bits per heavy atom. The number of nitrogens with two attached hydrogens (primary N) is 1. The molecule has 0 aliphatic rings. The van der Waals surface area contributed by atoms with Gasteiger partial charge in [0.2, 0.25) is 0 Å². The number of rotatable bonds is 5. The van der Waals surface area contributed by atoms with Gasteiger partial charge in [-0.2, -0.15) is 0 Å². The van der Waals surface area contributed by atoms with Gasteiger partial charge in [0, 0.05) is 11.1 Å². The molecule has 0 heterocycles. The Bertz CT molecular complexity index is 567. The fourth-order valence-corrected chi connectivity index (χ4v) is 1.95. The number of ether oxygens (including phenoxy) is 2. The van der Waals surface area contributed by atoms with Crippen molar-refractivity contribution in [2.45, 2.75) is 19.6 Å². The summed E-state index contributed by atoms with van der Waals surface area (Å²) in [5.74, 6) is 1.39. The monoisotopic (exact) mass is 291 g/mol. The van der Waals surface area contributed by atoms with Gasteiger partial charge in [0.15, 0.2) is 11.5 Å². The zero-order valence-electron chi connectivity index (χ0n) is 11.6. The Kier molecular flexibility index (Phi) is 4.88. The molecule has 0 aliphatic carbocycles. The number of benzene rings is 2. The lowest BCUT2D eigenvalue weighted by Crippen LogP contribution is -2.05. The van der Waals surface area contributed by atoms with Gasteiger partial charge < -0.3 is 15.2 Å². The Morgan fingerprint density at radius 1 is 1.10 bits per heavy atom. The maximum atomic E-state index is 5.86. The van der Waals surface area contributed by atoms with E-state index in [4.69, 9.17) is 26.8 Å². The van der Waals surface area contributed by atoms with Crippen LogP contribution in [0.5, 0.6) is 11.5 Å². The standard InChI is InChI=1S/C16H18ClNO2/c1-11(18)13-5-8-15(16(9-13)19-2)20-10-12-3-6-14(17)7-4-12/h3-9,11H,10,18H2,1-2H3/t11-/m1/s1. The largest absolute Gasteiger partial charge is 0.493 e. The molecule has 0 saturated heterocycles. The van der Waals surface area contributed by atoms with Crippen LogP contribution in [0.4, 0.5) is 0 Å². The molecule has 0 aromatic heterocycles. The van der Waals surface area contributed by atoms with E-state index >= 15 is 0 Å². The summed E-state index contributed by atoms with van der Waals surface area (Å²) in [5, 5.41) is 0.715. The van der Waals surface area contributed by atoms with Crippen molar-refractivity contribution in [3.05, 3.63) is 58.6 Å². The summed E-state index contributed by atoms with van der Waals surface area (Å²) in [4.78, 5) is 0. The molecule has 106 valence electrons. The maximum Gasteiger partial charge on any atom is 0.161 e. The minimum atomic E-state index is -0.0331. The molecule has 20 heavy (non-hydrogen) atoms. The molecule has 2 rings (SSSR count). The minimum Gasteiger partial charge on any atom is -0.493 e. The normalized spacial score (nSPS) is 12.0. The highest BCUT2D eigenvalue weighted by Gasteiger charge is 2.08. The van der Waals surface area contributed by atoms with E-state index < -0.39 is 0 Å². The first-order valence-corrected chi connectivity index (χ1v) is 6.78. The molecule has 0 saturated carbocycles. The predicted molar refractivity (Wildman–Crippen MR) is 81.4 cm³/mol. The zero-order chi connectivity index (χ0) is 14.5. The molecule has 0 spiro atoms. The van der Waals surface area contributed by atoms with Crippen LogP contribution < -0.4 is 15.2 Å². The van der Waals surface area contributed by atoms with Crippen molar-refractivity contribution in [3.8, 4) is 11.5 Å². The van der Waals surface area contributed by atoms with E-state index in [0.717, 1.165) is 11.1 Å². The van der Waals surface area contributed by atoms with Crippen LogP contribution in [0.3, 0.4) is 0 Å². The van der Waals surface area contributed by atoms with Crippen LogP contribution >= 0.6 is 11.6 Å². The SMILES string of the molecule is COc1cc([C@@H](C)N)ccc1OCc1ccc(Cl)cc1. The third kappa shape index (κ3) is 3.65.